The van der Waals surface area contributed by atoms with Crippen LogP contribution in [0.2, 0.25) is 0 Å². The molecule has 222 valence electrons. The summed E-state index contributed by atoms with van der Waals surface area (Å²) in [7, 11) is 2.14. The van der Waals surface area contributed by atoms with Crippen LogP contribution in [0.5, 0.6) is 11.5 Å². The first kappa shape index (κ1) is 29.8. The number of ether oxygens (including phenoxy) is 2. The second kappa shape index (κ2) is 14.5. The van der Waals surface area contributed by atoms with Crippen molar-refractivity contribution in [2.24, 2.45) is 0 Å². The van der Waals surface area contributed by atoms with E-state index in [0.717, 1.165) is 55.8 Å². The molecule has 0 unspecified atom stereocenters. The number of carbonyl (C=O) groups is 2. The summed E-state index contributed by atoms with van der Waals surface area (Å²) in [6.07, 6.45) is 0.867. The highest BCUT2D eigenvalue weighted by atomic mass is 16.5. The molecular weight excluding hydrogens is 542 g/mol. The molecule has 1 aliphatic heterocycles. The van der Waals surface area contributed by atoms with Crippen LogP contribution in [0.3, 0.4) is 0 Å². The number of rotatable bonds is 12. The van der Waals surface area contributed by atoms with Crippen LogP contribution in [-0.2, 0) is 6.61 Å². The fraction of sp³-hybridized carbons (Fsp3) is 0.257. The number of hydrogen-bond donors (Lipinski definition) is 2. The highest BCUT2D eigenvalue weighted by Gasteiger charge is 2.19. The predicted octanol–water partition coefficient (Wildman–Crippen LogP) is 5.90. The van der Waals surface area contributed by atoms with Gasteiger partial charge in [0, 0.05) is 32.7 Å². The lowest BCUT2D eigenvalue weighted by atomic mass is 10.0. The minimum absolute atomic E-state index is 0.00361. The molecule has 1 fully saturated rings. The fourth-order valence-electron chi connectivity index (χ4n) is 5.02. The first-order valence-electron chi connectivity index (χ1n) is 14.5. The largest absolute Gasteiger partial charge is 0.494 e. The zero-order valence-corrected chi connectivity index (χ0v) is 24.4. The molecule has 5 rings (SSSR count). The minimum Gasteiger partial charge on any atom is -0.494 e. The van der Waals surface area contributed by atoms with Gasteiger partial charge in [0.2, 0.25) is 0 Å². The third-order valence-corrected chi connectivity index (χ3v) is 7.52. The average Bonchev–Trinajstić information content (AvgIpc) is 3.04. The number of benzene rings is 4. The number of anilines is 1. The Kier molecular flexibility index (Phi) is 10.0. The van der Waals surface area contributed by atoms with Gasteiger partial charge in [-0.15, -0.1) is 0 Å². The van der Waals surface area contributed by atoms with Crippen LogP contribution < -0.4 is 14.8 Å². The van der Waals surface area contributed by atoms with E-state index in [9.17, 15) is 14.7 Å². The Morgan fingerprint density at radius 1 is 0.791 bits per heavy atom. The minimum atomic E-state index is -1.13. The molecule has 8 nitrogen and oxygen atoms in total. The van der Waals surface area contributed by atoms with Gasteiger partial charge in [-0.05, 0) is 60.5 Å². The van der Waals surface area contributed by atoms with E-state index in [-0.39, 0.29) is 23.4 Å². The van der Waals surface area contributed by atoms with Crippen LogP contribution >= 0.6 is 0 Å². The molecule has 43 heavy (non-hydrogen) atoms. The van der Waals surface area contributed by atoms with Crippen LogP contribution in [0.15, 0.2) is 97.1 Å². The number of carbonyl (C=O) groups excluding carboxylic acids is 1. The highest BCUT2D eigenvalue weighted by Crippen LogP contribution is 2.30. The molecule has 0 aliphatic carbocycles. The van der Waals surface area contributed by atoms with E-state index in [0.29, 0.717) is 18.1 Å². The normalized spacial score (nSPS) is 13.8. The van der Waals surface area contributed by atoms with Gasteiger partial charge in [-0.2, -0.15) is 0 Å². The number of piperazine rings is 1. The molecule has 0 spiro atoms. The third kappa shape index (κ3) is 8.22. The monoisotopic (exact) mass is 579 g/mol. The quantitative estimate of drug-likeness (QED) is 0.202. The van der Waals surface area contributed by atoms with E-state index in [4.69, 9.17) is 9.47 Å². The summed E-state index contributed by atoms with van der Waals surface area (Å²) < 4.78 is 12.1. The lowest BCUT2D eigenvalue weighted by molar-refractivity contribution is 0.0698. The van der Waals surface area contributed by atoms with Crippen molar-refractivity contribution in [1.29, 1.82) is 0 Å². The number of amides is 1. The van der Waals surface area contributed by atoms with Crippen LogP contribution in [0.1, 0.15) is 32.7 Å². The second-order valence-corrected chi connectivity index (χ2v) is 10.7. The van der Waals surface area contributed by atoms with Crippen molar-refractivity contribution in [2.45, 2.75) is 13.0 Å². The third-order valence-electron chi connectivity index (χ3n) is 7.52. The van der Waals surface area contributed by atoms with Gasteiger partial charge in [-0.1, -0.05) is 66.7 Å². The smallest absolute Gasteiger partial charge is 0.337 e. The standard InChI is InChI=1S/C35H37N3O5/c1-37-18-20-38(21-19-37)17-8-22-42-29-14-16-33(43-25-26-9-4-2-5-10-26)31(24-29)34(39)36-32-23-28(13-15-30(32)35(40)41)27-11-6-3-7-12-27/h2-7,9-16,23-24H,8,17-22,25H2,1H3,(H,36,39)(H,40,41). The molecule has 0 aromatic heterocycles. The summed E-state index contributed by atoms with van der Waals surface area (Å²) >= 11 is 0. The van der Waals surface area contributed by atoms with Crippen LogP contribution in [-0.4, -0.2) is 73.2 Å². The van der Waals surface area contributed by atoms with Gasteiger partial charge in [0.1, 0.15) is 18.1 Å². The average molecular weight is 580 g/mol. The Hall–Kier alpha value is -4.66. The van der Waals surface area contributed by atoms with Gasteiger partial charge in [0.05, 0.1) is 23.4 Å². The van der Waals surface area contributed by atoms with Gasteiger partial charge in [-0.3, -0.25) is 4.79 Å². The fourth-order valence-corrected chi connectivity index (χ4v) is 5.02. The van der Waals surface area contributed by atoms with Crippen molar-refractivity contribution < 1.29 is 24.2 Å². The number of carboxylic acid groups (broad SMARTS) is 1. The highest BCUT2D eigenvalue weighted by molar-refractivity contribution is 6.09. The molecule has 8 heteroatoms. The molecule has 1 aliphatic rings. The Morgan fingerprint density at radius 2 is 1.51 bits per heavy atom. The van der Waals surface area contributed by atoms with Crippen molar-refractivity contribution in [3.63, 3.8) is 0 Å². The molecule has 1 amide bonds. The van der Waals surface area contributed by atoms with E-state index in [1.807, 2.05) is 60.7 Å². The molecule has 1 saturated heterocycles. The number of carboxylic acids is 1. The molecule has 0 saturated carbocycles. The lowest BCUT2D eigenvalue weighted by Crippen LogP contribution is -2.44. The zero-order chi connectivity index (χ0) is 30.0. The van der Waals surface area contributed by atoms with E-state index in [1.165, 1.54) is 6.07 Å². The molecule has 0 bridgehead atoms. The molecular formula is C35H37N3O5. The molecule has 4 aromatic rings. The van der Waals surface area contributed by atoms with Crippen molar-refractivity contribution in [3.05, 3.63) is 114 Å². The number of nitrogens with zero attached hydrogens (tertiary/aromatic N) is 2. The summed E-state index contributed by atoms with van der Waals surface area (Å²) in [4.78, 5) is 30.5. The van der Waals surface area contributed by atoms with Gasteiger partial charge < -0.3 is 29.7 Å². The first-order valence-corrected chi connectivity index (χ1v) is 14.5. The maximum atomic E-state index is 13.7. The SMILES string of the molecule is CN1CCN(CCCOc2ccc(OCc3ccccc3)c(C(=O)Nc3cc(-c4ccccc4)ccc3C(=O)O)c2)CC1. The van der Waals surface area contributed by atoms with E-state index < -0.39 is 11.9 Å². The topological polar surface area (TPSA) is 91.3 Å². The van der Waals surface area contributed by atoms with Gasteiger partial charge in [0.15, 0.2) is 0 Å². The van der Waals surface area contributed by atoms with Crippen LogP contribution in [0, 0.1) is 0 Å². The van der Waals surface area contributed by atoms with E-state index >= 15 is 0 Å². The summed E-state index contributed by atoms with van der Waals surface area (Å²) in [5, 5.41) is 12.7. The van der Waals surface area contributed by atoms with Gasteiger partial charge >= 0.3 is 5.97 Å². The Labute approximate surface area is 252 Å². The van der Waals surface area contributed by atoms with Crippen LogP contribution in [0.4, 0.5) is 5.69 Å². The molecule has 2 N–H and O–H groups in total. The van der Waals surface area contributed by atoms with Crippen LogP contribution in [0.25, 0.3) is 11.1 Å². The first-order chi connectivity index (χ1) is 21.0. The Morgan fingerprint density at radius 3 is 2.23 bits per heavy atom. The summed E-state index contributed by atoms with van der Waals surface area (Å²) in [6, 6.07) is 29.4. The summed E-state index contributed by atoms with van der Waals surface area (Å²) in [5.74, 6) is -0.694. The second-order valence-electron chi connectivity index (χ2n) is 10.7. The van der Waals surface area contributed by atoms with Crippen molar-refractivity contribution in [1.82, 2.24) is 9.80 Å². The maximum absolute atomic E-state index is 13.7. The Bertz CT molecular complexity index is 1520. The van der Waals surface area contributed by atoms with Crippen molar-refractivity contribution in [2.75, 3.05) is 51.7 Å². The van der Waals surface area contributed by atoms with Crippen molar-refractivity contribution in [3.8, 4) is 22.6 Å². The van der Waals surface area contributed by atoms with E-state index in [1.54, 1.807) is 30.3 Å². The molecule has 0 radical (unpaired) electrons. The molecule has 1 heterocycles. The zero-order valence-electron chi connectivity index (χ0n) is 24.4. The summed E-state index contributed by atoms with van der Waals surface area (Å²) in [6.45, 7) is 5.99. The Balaban J connectivity index is 1.34. The molecule has 0 atom stereocenters. The van der Waals surface area contributed by atoms with E-state index in [2.05, 4.69) is 22.2 Å². The molecule has 4 aromatic carbocycles. The van der Waals surface area contributed by atoms with Crippen molar-refractivity contribution >= 4 is 17.6 Å². The van der Waals surface area contributed by atoms with Gasteiger partial charge in [-0.25, -0.2) is 4.79 Å². The van der Waals surface area contributed by atoms with Gasteiger partial charge in [0.25, 0.3) is 5.91 Å². The number of hydrogen-bond acceptors (Lipinski definition) is 6. The predicted molar refractivity (Wildman–Crippen MR) is 168 cm³/mol. The number of likely N-dealkylation sites (N-methyl/N-ethyl adjacent to an activating group) is 1. The number of nitrogens with one attached hydrogen (secondary N) is 1. The number of aromatic carboxylic acids is 1. The lowest BCUT2D eigenvalue weighted by Gasteiger charge is -2.32. The maximum Gasteiger partial charge on any atom is 0.337 e. The summed E-state index contributed by atoms with van der Waals surface area (Å²) in [5.41, 5.74) is 3.12.